The second kappa shape index (κ2) is 6.73. The second-order valence-corrected chi connectivity index (χ2v) is 5.74. The molecule has 104 valence electrons. The van der Waals surface area contributed by atoms with Crippen molar-refractivity contribution < 1.29 is 4.74 Å². The van der Waals surface area contributed by atoms with E-state index in [1.54, 1.807) is 6.20 Å². The molecule has 0 aliphatic rings. The van der Waals surface area contributed by atoms with Gasteiger partial charge in [-0.2, -0.15) is 5.10 Å². The fourth-order valence-electron chi connectivity index (χ4n) is 1.82. The van der Waals surface area contributed by atoms with Crippen LogP contribution in [0.2, 0.25) is 0 Å². The van der Waals surface area contributed by atoms with Gasteiger partial charge < -0.3 is 10.1 Å². The van der Waals surface area contributed by atoms with Crippen molar-refractivity contribution in [3.63, 3.8) is 0 Å². The maximum Gasteiger partial charge on any atom is 0.157 e. The Bertz CT molecular complexity index is 518. The zero-order valence-electron chi connectivity index (χ0n) is 11.8. The first-order chi connectivity index (χ1) is 9.22. The van der Waals surface area contributed by atoms with Crippen LogP contribution in [-0.4, -0.2) is 16.3 Å². The van der Waals surface area contributed by atoms with E-state index >= 15 is 0 Å². The van der Waals surface area contributed by atoms with Gasteiger partial charge in [-0.15, -0.1) is 11.3 Å². The molecule has 2 aromatic rings. The average Bonchev–Trinajstić information content (AvgIpc) is 3.00. The number of nitrogens with one attached hydrogen (secondary N) is 1. The van der Waals surface area contributed by atoms with Gasteiger partial charge in [-0.3, -0.25) is 4.68 Å². The van der Waals surface area contributed by atoms with E-state index in [2.05, 4.69) is 37.3 Å². The van der Waals surface area contributed by atoms with Crippen molar-refractivity contribution in [1.82, 2.24) is 15.1 Å². The molecule has 4 nitrogen and oxygen atoms in total. The zero-order chi connectivity index (χ0) is 13.7. The van der Waals surface area contributed by atoms with Crippen LogP contribution >= 0.6 is 11.3 Å². The molecule has 0 radical (unpaired) electrons. The zero-order valence-corrected chi connectivity index (χ0v) is 12.6. The van der Waals surface area contributed by atoms with E-state index in [1.165, 1.54) is 15.3 Å². The summed E-state index contributed by atoms with van der Waals surface area (Å²) in [6.07, 6.45) is 3.70. The van der Waals surface area contributed by atoms with E-state index in [-0.39, 0.29) is 0 Å². The van der Waals surface area contributed by atoms with Crippen LogP contribution in [0.1, 0.15) is 29.2 Å². The standard InChI is InChI=1S/C14H21N3OS/c1-4-15-8-14-6-12(11(3)19-14)10-18-13-7-16-17(5-2)9-13/h6-7,9,15H,4-5,8,10H2,1-3H3. The van der Waals surface area contributed by atoms with E-state index in [1.807, 2.05) is 22.2 Å². The lowest BCUT2D eigenvalue weighted by Crippen LogP contribution is -2.10. The first-order valence-corrected chi connectivity index (χ1v) is 7.48. The number of aromatic nitrogens is 2. The normalized spacial score (nSPS) is 10.9. The van der Waals surface area contributed by atoms with Crippen molar-refractivity contribution in [1.29, 1.82) is 0 Å². The Kier molecular flexibility index (Phi) is 4.99. The molecular formula is C14H21N3OS. The minimum atomic E-state index is 0.615. The molecule has 2 aromatic heterocycles. The van der Waals surface area contributed by atoms with Crippen LogP contribution < -0.4 is 10.1 Å². The molecule has 0 spiro atoms. The lowest BCUT2D eigenvalue weighted by molar-refractivity contribution is 0.305. The van der Waals surface area contributed by atoms with Crippen LogP contribution in [0.3, 0.4) is 0 Å². The summed E-state index contributed by atoms with van der Waals surface area (Å²) >= 11 is 1.84. The van der Waals surface area contributed by atoms with Crippen molar-refractivity contribution >= 4 is 11.3 Å². The molecule has 19 heavy (non-hydrogen) atoms. The molecule has 2 heterocycles. The molecule has 0 bridgehead atoms. The second-order valence-electron chi connectivity index (χ2n) is 4.39. The Hall–Kier alpha value is -1.33. The monoisotopic (exact) mass is 279 g/mol. The van der Waals surface area contributed by atoms with Crippen molar-refractivity contribution in [3.8, 4) is 5.75 Å². The fourth-order valence-corrected chi connectivity index (χ4v) is 2.84. The minimum absolute atomic E-state index is 0.615. The third kappa shape index (κ3) is 3.81. The Morgan fingerprint density at radius 2 is 2.26 bits per heavy atom. The van der Waals surface area contributed by atoms with Gasteiger partial charge in [-0.1, -0.05) is 6.92 Å². The highest BCUT2D eigenvalue weighted by Gasteiger charge is 2.07. The summed E-state index contributed by atoms with van der Waals surface area (Å²) in [4.78, 5) is 2.69. The fraction of sp³-hybridized carbons (Fsp3) is 0.500. The Balaban J connectivity index is 1.93. The molecule has 0 aliphatic heterocycles. The van der Waals surface area contributed by atoms with Crippen LogP contribution in [-0.2, 0) is 19.7 Å². The van der Waals surface area contributed by atoms with E-state index in [0.29, 0.717) is 6.61 Å². The van der Waals surface area contributed by atoms with Gasteiger partial charge in [0.2, 0.25) is 0 Å². The molecule has 0 unspecified atom stereocenters. The number of rotatable bonds is 7. The van der Waals surface area contributed by atoms with Crippen molar-refractivity contribution in [3.05, 3.63) is 33.8 Å². The van der Waals surface area contributed by atoms with Crippen LogP contribution in [0.4, 0.5) is 0 Å². The maximum absolute atomic E-state index is 5.78. The number of aryl methyl sites for hydroxylation is 2. The van der Waals surface area contributed by atoms with Gasteiger partial charge in [0, 0.05) is 28.4 Å². The summed E-state index contributed by atoms with van der Waals surface area (Å²) < 4.78 is 7.64. The highest BCUT2D eigenvalue weighted by molar-refractivity contribution is 7.12. The summed E-state index contributed by atoms with van der Waals surface area (Å²) in [6.45, 7) is 9.75. The number of nitrogens with zero attached hydrogens (tertiary/aromatic N) is 2. The topological polar surface area (TPSA) is 39.1 Å². The summed E-state index contributed by atoms with van der Waals surface area (Å²) in [6, 6.07) is 2.23. The van der Waals surface area contributed by atoms with Crippen LogP contribution in [0.15, 0.2) is 18.5 Å². The predicted octanol–water partition coefficient (Wildman–Crippen LogP) is 2.96. The van der Waals surface area contributed by atoms with E-state index in [0.717, 1.165) is 25.4 Å². The summed E-state index contributed by atoms with van der Waals surface area (Å²) in [5.74, 6) is 0.834. The number of thiophene rings is 1. The van der Waals surface area contributed by atoms with Crippen molar-refractivity contribution in [2.24, 2.45) is 0 Å². The quantitative estimate of drug-likeness (QED) is 0.847. The number of hydrogen-bond donors (Lipinski definition) is 1. The lowest BCUT2D eigenvalue weighted by atomic mass is 10.2. The first-order valence-electron chi connectivity index (χ1n) is 6.67. The van der Waals surface area contributed by atoms with Crippen LogP contribution in [0.25, 0.3) is 0 Å². The highest BCUT2D eigenvalue weighted by atomic mass is 32.1. The molecule has 1 N–H and O–H groups in total. The van der Waals surface area contributed by atoms with Gasteiger partial charge in [0.1, 0.15) is 6.61 Å². The third-order valence-corrected chi connectivity index (χ3v) is 4.04. The van der Waals surface area contributed by atoms with Crippen molar-refractivity contribution in [2.75, 3.05) is 6.54 Å². The van der Waals surface area contributed by atoms with Gasteiger partial charge in [-0.25, -0.2) is 0 Å². The highest BCUT2D eigenvalue weighted by Crippen LogP contribution is 2.23. The molecule has 0 atom stereocenters. The summed E-state index contributed by atoms with van der Waals surface area (Å²) in [5.41, 5.74) is 1.27. The van der Waals surface area contributed by atoms with Gasteiger partial charge in [-0.05, 0) is 26.5 Å². The smallest absolute Gasteiger partial charge is 0.157 e. The molecule has 0 fully saturated rings. The Morgan fingerprint density at radius 3 is 2.95 bits per heavy atom. The van der Waals surface area contributed by atoms with Crippen molar-refractivity contribution in [2.45, 2.75) is 40.5 Å². The van der Waals surface area contributed by atoms with Gasteiger partial charge in [0.15, 0.2) is 5.75 Å². The Morgan fingerprint density at radius 1 is 1.42 bits per heavy atom. The molecule has 0 amide bonds. The van der Waals surface area contributed by atoms with Gasteiger partial charge in [0.25, 0.3) is 0 Å². The molecule has 0 aromatic carbocycles. The summed E-state index contributed by atoms with van der Waals surface area (Å²) in [7, 11) is 0. The summed E-state index contributed by atoms with van der Waals surface area (Å²) in [5, 5.41) is 7.55. The largest absolute Gasteiger partial charge is 0.486 e. The first kappa shape index (κ1) is 14.1. The number of ether oxygens (including phenoxy) is 1. The molecule has 0 saturated carbocycles. The third-order valence-electron chi connectivity index (χ3n) is 2.95. The predicted molar refractivity (Wildman–Crippen MR) is 78.7 cm³/mol. The van der Waals surface area contributed by atoms with E-state index in [9.17, 15) is 0 Å². The van der Waals surface area contributed by atoms with Crippen LogP contribution in [0, 0.1) is 6.92 Å². The van der Waals surface area contributed by atoms with E-state index in [4.69, 9.17) is 4.74 Å². The minimum Gasteiger partial charge on any atom is -0.486 e. The van der Waals surface area contributed by atoms with Gasteiger partial charge in [0.05, 0.1) is 12.4 Å². The SMILES string of the molecule is CCNCc1cc(COc2cnn(CC)c2)c(C)s1. The lowest BCUT2D eigenvalue weighted by Gasteiger charge is -2.02. The van der Waals surface area contributed by atoms with E-state index < -0.39 is 0 Å². The molecule has 2 rings (SSSR count). The Labute approximate surface area is 118 Å². The number of hydrogen-bond acceptors (Lipinski definition) is 4. The molecule has 0 saturated heterocycles. The average molecular weight is 279 g/mol. The molecule has 5 heteroatoms. The van der Waals surface area contributed by atoms with Crippen LogP contribution in [0.5, 0.6) is 5.75 Å². The van der Waals surface area contributed by atoms with Gasteiger partial charge >= 0.3 is 0 Å². The maximum atomic E-state index is 5.78. The molecular weight excluding hydrogens is 258 g/mol. The molecule has 0 aliphatic carbocycles.